The van der Waals surface area contributed by atoms with Crippen LogP contribution >= 0.6 is 0 Å². The molecular weight excluding hydrogens is 420 g/mol. The number of hydrogen-bond donors (Lipinski definition) is 2. The molecule has 33 heavy (non-hydrogen) atoms. The Bertz CT molecular complexity index is 1400. The van der Waals surface area contributed by atoms with Crippen molar-refractivity contribution in [1.29, 1.82) is 0 Å². The Hall–Kier alpha value is -4.52. The first-order chi connectivity index (χ1) is 15.9. The number of Topliss-reactive ketones (excluding diaryl/α,β-unsaturated/α-hetero) is 1. The second-order valence-corrected chi connectivity index (χ2v) is 7.49. The van der Waals surface area contributed by atoms with E-state index in [9.17, 15) is 19.2 Å². The third kappa shape index (κ3) is 5.04. The number of hydrogen-bond acceptors (Lipinski definition) is 5. The average Bonchev–Trinajstić information content (AvgIpc) is 2.82. The largest absolute Gasteiger partial charge is 0.454 e. The number of fused-ring (bicyclic) bond motifs is 1. The van der Waals surface area contributed by atoms with Crippen LogP contribution in [0.5, 0.6) is 0 Å². The van der Waals surface area contributed by atoms with Gasteiger partial charge in [-0.25, -0.2) is 4.79 Å². The standard InChI is InChI=1S/C26H20N2O5/c1-16-6-8-17(9-7-16)23(29)15-33-26(32)18-10-12-19(13-11-18)27-25(31)21-14-24(30)28-22-5-3-2-4-20(21)22/h2-14H,15H2,1H3,(H,27,31)(H,28,30). The molecule has 1 amide bonds. The maximum Gasteiger partial charge on any atom is 0.338 e. The normalized spacial score (nSPS) is 10.6. The number of nitrogens with one attached hydrogen (secondary N) is 2. The van der Waals surface area contributed by atoms with Crippen LogP contribution in [0.4, 0.5) is 5.69 Å². The Kier molecular flexibility index (Phi) is 6.13. The fourth-order valence-corrected chi connectivity index (χ4v) is 3.32. The Morgan fingerprint density at radius 1 is 0.879 bits per heavy atom. The average molecular weight is 440 g/mol. The zero-order chi connectivity index (χ0) is 23.4. The minimum atomic E-state index is -0.645. The quantitative estimate of drug-likeness (QED) is 0.346. The number of benzene rings is 3. The summed E-state index contributed by atoms with van der Waals surface area (Å²) < 4.78 is 5.11. The molecule has 0 aliphatic carbocycles. The number of esters is 1. The monoisotopic (exact) mass is 440 g/mol. The van der Waals surface area contributed by atoms with Gasteiger partial charge in [0.15, 0.2) is 12.4 Å². The molecule has 0 spiro atoms. The van der Waals surface area contributed by atoms with Crippen LogP contribution in [0, 0.1) is 6.92 Å². The molecule has 0 unspecified atom stereocenters. The first-order valence-electron chi connectivity index (χ1n) is 10.2. The number of aromatic amines is 1. The van der Waals surface area contributed by atoms with E-state index >= 15 is 0 Å². The highest BCUT2D eigenvalue weighted by Crippen LogP contribution is 2.17. The van der Waals surface area contributed by atoms with Gasteiger partial charge in [-0.3, -0.25) is 14.4 Å². The summed E-state index contributed by atoms with van der Waals surface area (Å²) in [5.41, 5.74) is 2.61. The van der Waals surface area contributed by atoms with Gasteiger partial charge >= 0.3 is 5.97 Å². The minimum absolute atomic E-state index is 0.242. The number of ether oxygens (including phenoxy) is 1. The zero-order valence-electron chi connectivity index (χ0n) is 17.8. The number of aryl methyl sites for hydroxylation is 1. The van der Waals surface area contributed by atoms with Crippen molar-refractivity contribution in [2.45, 2.75) is 6.92 Å². The summed E-state index contributed by atoms with van der Waals surface area (Å²) in [6.07, 6.45) is 0. The molecule has 0 saturated heterocycles. The number of H-pyrrole nitrogens is 1. The van der Waals surface area contributed by atoms with Crippen molar-refractivity contribution in [3.63, 3.8) is 0 Å². The number of para-hydroxylation sites is 1. The van der Waals surface area contributed by atoms with Gasteiger partial charge < -0.3 is 15.0 Å². The Morgan fingerprint density at radius 2 is 1.55 bits per heavy atom. The van der Waals surface area contributed by atoms with Gasteiger partial charge in [-0.2, -0.15) is 0 Å². The molecule has 4 rings (SSSR count). The lowest BCUT2D eigenvalue weighted by Gasteiger charge is -2.09. The van der Waals surface area contributed by atoms with E-state index in [2.05, 4.69) is 10.3 Å². The fraction of sp³-hybridized carbons (Fsp3) is 0.0769. The van der Waals surface area contributed by atoms with E-state index in [0.717, 1.165) is 5.56 Å². The van der Waals surface area contributed by atoms with E-state index in [1.807, 2.05) is 19.1 Å². The van der Waals surface area contributed by atoms with E-state index < -0.39 is 11.9 Å². The second-order valence-electron chi connectivity index (χ2n) is 7.49. The van der Waals surface area contributed by atoms with Crippen LogP contribution in [0.3, 0.4) is 0 Å². The molecule has 1 aromatic heterocycles. The smallest absolute Gasteiger partial charge is 0.338 e. The van der Waals surface area contributed by atoms with Gasteiger partial charge in [0.2, 0.25) is 5.56 Å². The van der Waals surface area contributed by atoms with Crippen LogP contribution in [0.25, 0.3) is 10.9 Å². The number of ketones is 1. The van der Waals surface area contributed by atoms with Crippen LogP contribution in [0.15, 0.2) is 83.7 Å². The van der Waals surface area contributed by atoms with Crippen molar-refractivity contribution in [2.75, 3.05) is 11.9 Å². The highest BCUT2D eigenvalue weighted by Gasteiger charge is 2.14. The van der Waals surface area contributed by atoms with Gasteiger partial charge in [-0.1, -0.05) is 48.0 Å². The topological polar surface area (TPSA) is 105 Å². The lowest BCUT2D eigenvalue weighted by Crippen LogP contribution is -2.17. The SMILES string of the molecule is Cc1ccc(C(=O)COC(=O)c2ccc(NC(=O)c3cc(=O)[nH]c4ccccc34)cc2)cc1. The van der Waals surface area contributed by atoms with Crippen LogP contribution < -0.4 is 10.9 Å². The van der Waals surface area contributed by atoms with E-state index in [4.69, 9.17) is 4.74 Å². The number of amides is 1. The third-order valence-corrected chi connectivity index (χ3v) is 5.08. The molecule has 0 aliphatic rings. The van der Waals surface area contributed by atoms with Crippen molar-refractivity contribution in [1.82, 2.24) is 4.98 Å². The van der Waals surface area contributed by atoms with Crippen LogP contribution in [-0.4, -0.2) is 29.3 Å². The van der Waals surface area contributed by atoms with E-state index in [1.165, 1.54) is 18.2 Å². The highest BCUT2D eigenvalue weighted by molar-refractivity contribution is 6.12. The van der Waals surface area contributed by atoms with Crippen molar-refractivity contribution in [3.8, 4) is 0 Å². The lowest BCUT2D eigenvalue weighted by molar-refractivity contribution is 0.0475. The van der Waals surface area contributed by atoms with Gasteiger partial charge in [0.25, 0.3) is 5.91 Å². The summed E-state index contributed by atoms with van der Waals surface area (Å²) in [6.45, 7) is 1.55. The number of aromatic nitrogens is 1. The molecule has 0 saturated carbocycles. The number of carbonyl (C=O) groups excluding carboxylic acids is 3. The maximum atomic E-state index is 12.7. The second kappa shape index (κ2) is 9.32. The molecule has 3 aromatic carbocycles. The summed E-state index contributed by atoms with van der Waals surface area (Å²) in [5, 5.41) is 3.34. The molecular formula is C26H20N2O5. The first-order valence-corrected chi connectivity index (χ1v) is 10.2. The maximum absolute atomic E-state index is 12.7. The van der Waals surface area contributed by atoms with Crippen molar-refractivity contribution < 1.29 is 19.1 Å². The molecule has 4 aromatic rings. The van der Waals surface area contributed by atoms with Crippen molar-refractivity contribution in [3.05, 3.63) is 111 Å². The summed E-state index contributed by atoms with van der Waals surface area (Å²) in [5.74, 6) is -1.39. The minimum Gasteiger partial charge on any atom is -0.454 e. The number of pyridine rings is 1. The van der Waals surface area contributed by atoms with Gasteiger partial charge in [-0.15, -0.1) is 0 Å². The van der Waals surface area contributed by atoms with Crippen molar-refractivity contribution in [2.24, 2.45) is 0 Å². The van der Waals surface area contributed by atoms with Crippen LogP contribution in [0.2, 0.25) is 0 Å². The Balaban J connectivity index is 1.40. The molecule has 0 bridgehead atoms. The van der Waals surface area contributed by atoms with E-state index in [1.54, 1.807) is 48.5 Å². The van der Waals surface area contributed by atoms with Crippen molar-refractivity contribution >= 4 is 34.3 Å². The molecule has 1 heterocycles. The molecule has 2 N–H and O–H groups in total. The van der Waals surface area contributed by atoms with Gasteiger partial charge in [-0.05, 0) is 37.3 Å². The van der Waals surface area contributed by atoms with Gasteiger partial charge in [0.1, 0.15) is 0 Å². The van der Waals surface area contributed by atoms with E-state index in [0.29, 0.717) is 22.2 Å². The predicted molar refractivity (Wildman–Crippen MR) is 125 cm³/mol. The summed E-state index contributed by atoms with van der Waals surface area (Å²) in [6, 6.07) is 21.3. The predicted octanol–water partition coefficient (Wildman–Crippen LogP) is 4.13. The molecule has 164 valence electrons. The molecule has 0 atom stereocenters. The van der Waals surface area contributed by atoms with Crippen LogP contribution in [-0.2, 0) is 4.74 Å². The number of anilines is 1. The highest BCUT2D eigenvalue weighted by atomic mass is 16.5. The van der Waals surface area contributed by atoms with Crippen LogP contribution in [0.1, 0.15) is 36.6 Å². The van der Waals surface area contributed by atoms with Gasteiger partial charge in [0.05, 0.1) is 11.1 Å². The molecule has 0 aliphatic heterocycles. The number of rotatable bonds is 6. The third-order valence-electron chi connectivity index (χ3n) is 5.08. The lowest BCUT2D eigenvalue weighted by atomic mass is 10.1. The molecule has 7 heteroatoms. The number of carbonyl (C=O) groups is 3. The van der Waals surface area contributed by atoms with E-state index in [-0.39, 0.29) is 29.1 Å². The Labute approximate surface area is 189 Å². The zero-order valence-corrected chi connectivity index (χ0v) is 17.8. The summed E-state index contributed by atoms with van der Waals surface area (Å²) in [7, 11) is 0. The fourth-order valence-electron chi connectivity index (χ4n) is 3.32. The molecule has 0 radical (unpaired) electrons. The summed E-state index contributed by atoms with van der Waals surface area (Å²) >= 11 is 0. The summed E-state index contributed by atoms with van der Waals surface area (Å²) in [4.78, 5) is 51.8. The Morgan fingerprint density at radius 3 is 2.27 bits per heavy atom. The molecule has 0 fully saturated rings. The molecule has 7 nitrogen and oxygen atoms in total. The van der Waals surface area contributed by atoms with Gasteiger partial charge in [0, 0.05) is 28.2 Å². The first kappa shape index (κ1) is 21.7.